The van der Waals surface area contributed by atoms with Crippen molar-refractivity contribution in [3.05, 3.63) is 77.1 Å². The molecule has 3 aromatic rings. The van der Waals surface area contributed by atoms with Crippen LogP contribution < -0.4 is 15.4 Å². The minimum atomic E-state index is -0.220. The van der Waals surface area contributed by atoms with Gasteiger partial charge in [0.15, 0.2) is 0 Å². The van der Waals surface area contributed by atoms with E-state index in [0.717, 1.165) is 29.0 Å². The molecule has 2 N–H and O–H groups in total. The van der Waals surface area contributed by atoms with Crippen molar-refractivity contribution in [2.24, 2.45) is 0 Å². The van der Waals surface area contributed by atoms with E-state index in [1.807, 2.05) is 61.7 Å². The number of benzene rings is 2. The van der Waals surface area contributed by atoms with Gasteiger partial charge in [-0.25, -0.2) is 9.48 Å². The highest BCUT2D eigenvalue weighted by Crippen LogP contribution is 2.20. The van der Waals surface area contributed by atoms with Gasteiger partial charge < -0.3 is 15.4 Å². The van der Waals surface area contributed by atoms with Crippen LogP contribution in [0.3, 0.4) is 0 Å². The number of urea groups is 1. The molecule has 0 aliphatic carbocycles. The summed E-state index contributed by atoms with van der Waals surface area (Å²) in [5.41, 5.74) is 2.85. The monoisotopic (exact) mass is 398 g/mol. The Morgan fingerprint density at radius 1 is 1.18 bits per heavy atom. The maximum absolute atomic E-state index is 12.3. The van der Waals surface area contributed by atoms with Crippen LogP contribution >= 0.6 is 11.6 Å². The Bertz CT molecular complexity index is 907. The lowest BCUT2D eigenvalue weighted by atomic mass is 10.0. The fourth-order valence-corrected chi connectivity index (χ4v) is 2.96. The average Bonchev–Trinajstić information content (AvgIpc) is 3.20. The van der Waals surface area contributed by atoms with Gasteiger partial charge in [0.05, 0.1) is 25.0 Å². The normalized spacial score (nSPS) is 11.7. The molecule has 0 fully saturated rings. The van der Waals surface area contributed by atoms with Gasteiger partial charge >= 0.3 is 6.03 Å². The van der Waals surface area contributed by atoms with Gasteiger partial charge in [-0.05, 0) is 48.4 Å². The molecule has 28 heavy (non-hydrogen) atoms. The highest BCUT2D eigenvalue weighted by molar-refractivity contribution is 6.30. The van der Waals surface area contributed by atoms with Gasteiger partial charge in [0.25, 0.3) is 0 Å². The predicted molar refractivity (Wildman–Crippen MR) is 110 cm³/mol. The Balaban J connectivity index is 1.55. The van der Waals surface area contributed by atoms with E-state index in [1.54, 1.807) is 18.0 Å². The zero-order valence-electron chi connectivity index (χ0n) is 15.9. The zero-order chi connectivity index (χ0) is 19.9. The lowest BCUT2D eigenvalue weighted by Crippen LogP contribution is -2.37. The standard InChI is InChI=1S/C21H23ClN4O2/c1-3-20(16-4-10-19(28-2)11-5-16)25-21(27)23-12-15-13-24-26(14-15)18-8-6-17(22)7-9-18/h4-11,13-14,20H,3,12H2,1-2H3,(H2,23,25,27). The topological polar surface area (TPSA) is 68.2 Å². The Labute approximate surface area is 169 Å². The van der Waals surface area contributed by atoms with Crippen molar-refractivity contribution >= 4 is 17.6 Å². The number of hydrogen-bond donors (Lipinski definition) is 2. The number of aromatic nitrogens is 2. The van der Waals surface area contributed by atoms with Crippen molar-refractivity contribution < 1.29 is 9.53 Å². The molecule has 3 rings (SSSR count). The van der Waals surface area contributed by atoms with Gasteiger partial charge in [0.2, 0.25) is 0 Å². The maximum atomic E-state index is 12.3. The van der Waals surface area contributed by atoms with Crippen LogP contribution in [0.1, 0.15) is 30.5 Å². The molecule has 0 aliphatic rings. The summed E-state index contributed by atoms with van der Waals surface area (Å²) in [5, 5.41) is 10.9. The number of halogens is 1. The lowest BCUT2D eigenvalue weighted by Gasteiger charge is -2.18. The van der Waals surface area contributed by atoms with Crippen molar-refractivity contribution in [3.63, 3.8) is 0 Å². The van der Waals surface area contributed by atoms with Crippen LogP contribution in [0, 0.1) is 0 Å². The SMILES string of the molecule is CCC(NC(=O)NCc1cnn(-c2ccc(Cl)cc2)c1)c1ccc(OC)cc1. The van der Waals surface area contributed by atoms with E-state index in [9.17, 15) is 4.79 Å². The highest BCUT2D eigenvalue weighted by atomic mass is 35.5. The molecule has 0 aliphatic heterocycles. The van der Waals surface area contributed by atoms with E-state index >= 15 is 0 Å². The second kappa shape index (κ2) is 9.28. The van der Waals surface area contributed by atoms with E-state index in [4.69, 9.17) is 16.3 Å². The van der Waals surface area contributed by atoms with Gasteiger partial charge in [-0.2, -0.15) is 5.10 Å². The van der Waals surface area contributed by atoms with Gasteiger partial charge in [-0.15, -0.1) is 0 Å². The molecular weight excluding hydrogens is 376 g/mol. The molecule has 7 heteroatoms. The predicted octanol–water partition coefficient (Wildman–Crippen LogP) is 4.48. The van der Waals surface area contributed by atoms with E-state index in [-0.39, 0.29) is 12.1 Å². The highest BCUT2D eigenvalue weighted by Gasteiger charge is 2.13. The third-order valence-electron chi connectivity index (χ3n) is 4.41. The summed E-state index contributed by atoms with van der Waals surface area (Å²) in [6.45, 7) is 2.42. The van der Waals surface area contributed by atoms with Crippen molar-refractivity contribution in [1.82, 2.24) is 20.4 Å². The Morgan fingerprint density at radius 2 is 1.89 bits per heavy atom. The number of methoxy groups -OCH3 is 1. The van der Waals surface area contributed by atoms with Gasteiger partial charge in [0, 0.05) is 23.3 Å². The van der Waals surface area contributed by atoms with Crippen molar-refractivity contribution in [1.29, 1.82) is 0 Å². The summed E-state index contributed by atoms with van der Waals surface area (Å²) in [6.07, 6.45) is 4.40. The summed E-state index contributed by atoms with van der Waals surface area (Å²) >= 11 is 5.91. The maximum Gasteiger partial charge on any atom is 0.315 e. The fraction of sp³-hybridized carbons (Fsp3) is 0.238. The van der Waals surface area contributed by atoms with E-state index in [0.29, 0.717) is 11.6 Å². The molecule has 0 spiro atoms. The van der Waals surface area contributed by atoms with E-state index in [2.05, 4.69) is 15.7 Å². The number of hydrogen-bond acceptors (Lipinski definition) is 3. The van der Waals surface area contributed by atoms with E-state index < -0.39 is 0 Å². The second-order valence-electron chi connectivity index (χ2n) is 6.33. The van der Waals surface area contributed by atoms with Gasteiger partial charge in [-0.3, -0.25) is 0 Å². The molecule has 1 unspecified atom stereocenters. The number of rotatable bonds is 7. The van der Waals surface area contributed by atoms with Crippen molar-refractivity contribution in [2.75, 3.05) is 7.11 Å². The number of carbonyl (C=O) groups excluding carboxylic acids is 1. The molecule has 0 saturated heterocycles. The molecule has 0 bridgehead atoms. The third kappa shape index (κ3) is 5.04. The number of ether oxygens (including phenoxy) is 1. The molecule has 2 amide bonds. The van der Waals surface area contributed by atoms with Crippen LogP contribution in [-0.4, -0.2) is 22.9 Å². The number of carbonyl (C=O) groups is 1. The molecule has 1 atom stereocenters. The summed E-state index contributed by atoms with van der Waals surface area (Å²) in [6, 6.07) is 14.8. The molecule has 0 radical (unpaired) electrons. The molecule has 1 heterocycles. The molecule has 146 valence electrons. The molecule has 0 saturated carbocycles. The average molecular weight is 399 g/mol. The summed E-state index contributed by atoms with van der Waals surface area (Å²) < 4.78 is 6.92. The first-order valence-corrected chi connectivity index (χ1v) is 9.44. The minimum Gasteiger partial charge on any atom is -0.497 e. The quantitative estimate of drug-likeness (QED) is 0.616. The first-order valence-electron chi connectivity index (χ1n) is 9.07. The second-order valence-corrected chi connectivity index (χ2v) is 6.77. The Morgan fingerprint density at radius 3 is 2.54 bits per heavy atom. The first kappa shape index (κ1) is 19.8. The Kier molecular flexibility index (Phi) is 6.55. The van der Waals surface area contributed by atoms with Crippen LogP contribution in [0.4, 0.5) is 4.79 Å². The third-order valence-corrected chi connectivity index (χ3v) is 4.66. The van der Waals surface area contributed by atoms with Crippen LogP contribution in [0.5, 0.6) is 5.75 Å². The fourth-order valence-electron chi connectivity index (χ4n) is 2.84. The summed E-state index contributed by atoms with van der Waals surface area (Å²) in [5.74, 6) is 0.792. The zero-order valence-corrected chi connectivity index (χ0v) is 16.6. The lowest BCUT2D eigenvalue weighted by molar-refractivity contribution is 0.236. The smallest absolute Gasteiger partial charge is 0.315 e. The van der Waals surface area contributed by atoms with E-state index in [1.165, 1.54) is 0 Å². The summed E-state index contributed by atoms with van der Waals surface area (Å²) in [4.78, 5) is 12.3. The van der Waals surface area contributed by atoms with Crippen molar-refractivity contribution in [2.45, 2.75) is 25.9 Å². The van der Waals surface area contributed by atoms with Crippen LogP contribution in [-0.2, 0) is 6.54 Å². The van der Waals surface area contributed by atoms with Crippen LogP contribution in [0.2, 0.25) is 5.02 Å². The largest absolute Gasteiger partial charge is 0.497 e. The van der Waals surface area contributed by atoms with Crippen LogP contribution in [0.25, 0.3) is 5.69 Å². The van der Waals surface area contributed by atoms with Gasteiger partial charge in [-0.1, -0.05) is 30.7 Å². The molecule has 6 nitrogen and oxygen atoms in total. The van der Waals surface area contributed by atoms with Gasteiger partial charge in [0.1, 0.15) is 5.75 Å². The minimum absolute atomic E-state index is 0.0669. The Hall–Kier alpha value is -2.99. The molecule has 1 aromatic heterocycles. The number of nitrogens with zero attached hydrogens (tertiary/aromatic N) is 2. The van der Waals surface area contributed by atoms with Crippen LogP contribution in [0.15, 0.2) is 60.9 Å². The van der Waals surface area contributed by atoms with Crippen molar-refractivity contribution in [3.8, 4) is 11.4 Å². The molecule has 2 aromatic carbocycles. The molecular formula is C21H23ClN4O2. The summed E-state index contributed by atoms with van der Waals surface area (Å²) in [7, 11) is 1.63. The number of nitrogens with one attached hydrogen (secondary N) is 2. The number of amides is 2. The first-order chi connectivity index (χ1) is 13.6.